The number of sulfonamides is 1. The van der Waals surface area contributed by atoms with E-state index in [0.29, 0.717) is 27.4 Å². The summed E-state index contributed by atoms with van der Waals surface area (Å²) in [6.45, 7) is 2.22. The van der Waals surface area contributed by atoms with Crippen LogP contribution in [0.4, 0.5) is 5.69 Å². The topological polar surface area (TPSA) is 71.3 Å². The average Bonchev–Trinajstić information content (AvgIpc) is 2.86. The van der Waals surface area contributed by atoms with Gasteiger partial charge in [0.05, 0.1) is 17.3 Å². The van der Waals surface area contributed by atoms with Crippen molar-refractivity contribution >= 4 is 43.2 Å². The van der Waals surface area contributed by atoms with Crippen LogP contribution in [0.15, 0.2) is 39.8 Å². The van der Waals surface area contributed by atoms with E-state index < -0.39 is 10.0 Å². The zero-order chi connectivity index (χ0) is 15.6. The maximum Gasteiger partial charge on any atom is 0.263 e. The van der Waals surface area contributed by atoms with Crippen LogP contribution in [0.25, 0.3) is 0 Å². The van der Waals surface area contributed by atoms with E-state index in [4.69, 9.17) is 11.6 Å². The quantitative estimate of drug-likeness (QED) is 0.819. The predicted molar refractivity (Wildman–Crippen MR) is 86.0 cm³/mol. The number of nitrogens with zero attached hydrogens (tertiary/aromatic N) is 1. The second kappa shape index (κ2) is 6.39. The average molecular weight is 394 g/mol. The highest BCUT2D eigenvalue weighted by Crippen LogP contribution is 2.28. The lowest BCUT2D eigenvalue weighted by molar-refractivity contribution is 0.271. The molecule has 0 amide bonds. The first-order valence-electron chi connectivity index (χ1n) is 6.15. The molecule has 2 N–H and O–H groups in total. The summed E-state index contributed by atoms with van der Waals surface area (Å²) in [4.78, 5) is 0.0874. The Morgan fingerprint density at radius 3 is 2.67 bits per heavy atom. The minimum atomic E-state index is -3.76. The summed E-state index contributed by atoms with van der Waals surface area (Å²) in [6, 6.07) is 6.35. The number of aromatic nitrogens is 1. The molecule has 0 aliphatic heterocycles. The van der Waals surface area contributed by atoms with Crippen molar-refractivity contribution < 1.29 is 13.5 Å². The third-order valence-corrected chi connectivity index (χ3v) is 5.10. The van der Waals surface area contributed by atoms with Crippen LogP contribution < -0.4 is 4.72 Å². The molecule has 1 heterocycles. The first kappa shape index (κ1) is 16.4. The molecular weight excluding hydrogens is 380 g/mol. The van der Waals surface area contributed by atoms with E-state index in [1.807, 2.05) is 6.92 Å². The van der Waals surface area contributed by atoms with E-state index >= 15 is 0 Å². The molecule has 0 atom stereocenters. The van der Waals surface area contributed by atoms with Crippen molar-refractivity contribution in [2.24, 2.45) is 0 Å². The Labute approximate surface area is 136 Å². The number of hydrogen-bond acceptors (Lipinski definition) is 3. The van der Waals surface area contributed by atoms with Gasteiger partial charge in [0.2, 0.25) is 0 Å². The monoisotopic (exact) mass is 392 g/mol. The lowest BCUT2D eigenvalue weighted by atomic mass is 10.3. The fraction of sp³-hybridized carbons (Fsp3) is 0.231. The molecule has 5 nitrogen and oxygen atoms in total. The van der Waals surface area contributed by atoms with Crippen LogP contribution in [0, 0.1) is 0 Å². The second-order valence-corrected chi connectivity index (χ2v) is 7.35. The predicted octanol–water partition coefficient (Wildman–Crippen LogP) is 3.22. The fourth-order valence-corrected chi connectivity index (χ4v) is 3.59. The molecular formula is C13H14BrClN2O3S. The van der Waals surface area contributed by atoms with Gasteiger partial charge < -0.3 is 9.67 Å². The summed E-state index contributed by atoms with van der Waals surface area (Å²) >= 11 is 9.26. The van der Waals surface area contributed by atoms with Crippen LogP contribution in [0.1, 0.15) is 12.6 Å². The molecule has 0 spiro atoms. The van der Waals surface area contributed by atoms with Gasteiger partial charge in [-0.05, 0) is 31.2 Å². The molecule has 2 aromatic rings. The van der Waals surface area contributed by atoms with Crippen molar-refractivity contribution in [3.05, 3.63) is 45.7 Å². The lowest BCUT2D eigenvalue weighted by Crippen LogP contribution is -2.12. The van der Waals surface area contributed by atoms with Crippen molar-refractivity contribution in [1.82, 2.24) is 4.57 Å². The van der Waals surface area contributed by atoms with Crippen molar-refractivity contribution in [1.29, 1.82) is 0 Å². The van der Waals surface area contributed by atoms with E-state index in [1.54, 1.807) is 22.8 Å². The largest absolute Gasteiger partial charge is 0.390 e. The number of rotatable bonds is 5. The first-order chi connectivity index (χ1) is 9.87. The summed E-state index contributed by atoms with van der Waals surface area (Å²) in [6.07, 6.45) is 1.49. The van der Waals surface area contributed by atoms with Crippen molar-refractivity contribution in [2.45, 2.75) is 25.0 Å². The number of aryl methyl sites for hydroxylation is 1. The Morgan fingerprint density at radius 1 is 1.38 bits per heavy atom. The number of hydrogen-bond donors (Lipinski definition) is 2. The molecule has 1 aromatic heterocycles. The summed E-state index contributed by atoms with van der Waals surface area (Å²) in [7, 11) is -3.76. The lowest BCUT2D eigenvalue weighted by Gasteiger charge is -2.08. The smallest absolute Gasteiger partial charge is 0.263 e. The Bertz CT molecular complexity index is 737. The Morgan fingerprint density at radius 2 is 2.10 bits per heavy atom. The molecule has 114 valence electrons. The Kier molecular flexibility index (Phi) is 4.98. The highest BCUT2D eigenvalue weighted by atomic mass is 79.9. The van der Waals surface area contributed by atoms with E-state index in [2.05, 4.69) is 20.7 Å². The molecule has 0 unspecified atom stereocenters. The van der Waals surface area contributed by atoms with Crippen LogP contribution in [0.5, 0.6) is 0 Å². The van der Waals surface area contributed by atoms with E-state index in [0.717, 1.165) is 0 Å². The molecule has 0 saturated carbocycles. The van der Waals surface area contributed by atoms with Gasteiger partial charge >= 0.3 is 0 Å². The van der Waals surface area contributed by atoms with Crippen LogP contribution in [0.2, 0.25) is 5.02 Å². The summed E-state index contributed by atoms with van der Waals surface area (Å²) in [5.74, 6) is 0. The number of aliphatic hydroxyl groups is 1. The van der Waals surface area contributed by atoms with Crippen molar-refractivity contribution in [3.8, 4) is 0 Å². The van der Waals surface area contributed by atoms with Gasteiger partial charge in [-0.1, -0.05) is 27.5 Å². The molecule has 0 bridgehead atoms. The van der Waals surface area contributed by atoms with Gasteiger partial charge in [0.15, 0.2) is 0 Å². The molecule has 21 heavy (non-hydrogen) atoms. The van der Waals surface area contributed by atoms with E-state index in [-0.39, 0.29) is 11.5 Å². The fourth-order valence-electron chi connectivity index (χ4n) is 1.88. The molecule has 0 saturated heterocycles. The highest BCUT2D eigenvalue weighted by Gasteiger charge is 2.19. The van der Waals surface area contributed by atoms with Gasteiger partial charge in [-0.2, -0.15) is 0 Å². The second-order valence-electron chi connectivity index (χ2n) is 4.34. The van der Waals surface area contributed by atoms with Gasteiger partial charge in [0.1, 0.15) is 4.90 Å². The summed E-state index contributed by atoms with van der Waals surface area (Å²) in [5.41, 5.74) is 0.832. The number of anilines is 1. The first-order valence-corrected chi connectivity index (χ1v) is 8.80. The number of halogens is 2. The van der Waals surface area contributed by atoms with Gasteiger partial charge in [-0.25, -0.2) is 8.42 Å². The van der Waals surface area contributed by atoms with Crippen LogP contribution in [-0.4, -0.2) is 18.1 Å². The van der Waals surface area contributed by atoms with Gasteiger partial charge in [0.25, 0.3) is 10.0 Å². The molecule has 0 radical (unpaired) electrons. The molecule has 0 fully saturated rings. The zero-order valence-electron chi connectivity index (χ0n) is 11.2. The molecule has 1 aromatic carbocycles. The maximum absolute atomic E-state index is 12.4. The summed E-state index contributed by atoms with van der Waals surface area (Å²) < 4.78 is 29.6. The van der Waals surface area contributed by atoms with Crippen LogP contribution >= 0.6 is 27.5 Å². The zero-order valence-corrected chi connectivity index (χ0v) is 14.3. The minimum absolute atomic E-state index is 0.0874. The van der Waals surface area contributed by atoms with Crippen LogP contribution in [-0.2, 0) is 23.2 Å². The molecule has 8 heteroatoms. The van der Waals surface area contributed by atoms with Crippen LogP contribution in [0.3, 0.4) is 0 Å². The molecule has 2 rings (SSSR count). The standard InChI is InChI=1S/C13H14BrClN2O3S/c1-2-17-7-11(6-10(17)8-18)21(19,20)16-13-5-9(14)3-4-12(13)15/h3-7,16,18H,2,8H2,1H3. The Balaban J connectivity index is 2.38. The van der Waals surface area contributed by atoms with E-state index in [9.17, 15) is 13.5 Å². The van der Waals surface area contributed by atoms with E-state index in [1.165, 1.54) is 12.3 Å². The maximum atomic E-state index is 12.4. The number of nitrogens with one attached hydrogen (secondary N) is 1. The van der Waals surface area contributed by atoms with Crippen molar-refractivity contribution in [2.75, 3.05) is 4.72 Å². The van der Waals surface area contributed by atoms with Gasteiger partial charge in [0, 0.05) is 22.9 Å². The third kappa shape index (κ3) is 3.60. The number of benzene rings is 1. The van der Waals surface area contributed by atoms with Gasteiger partial charge in [-0.3, -0.25) is 4.72 Å². The number of aliphatic hydroxyl groups excluding tert-OH is 1. The molecule has 0 aliphatic rings. The summed E-state index contributed by atoms with van der Waals surface area (Å²) in [5, 5.41) is 9.54. The third-order valence-electron chi connectivity index (χ3n) is 2.95. The normalized spacial score (nSPS) is 11.6. The Hall–Kier alpha value is -1.02. The minimum Gasteiger partial charge on any atom is -0.390 e. The SMILES string of the molecule is CCn1cc(S(=O)(=O)Nc2cc(Br)ccc2Cl)cc1CO. The van der Waals surface area contributed by atoms with Crippen molar-refractivity contribution in [3.63, 3.8) is 0 Å². The highest BCUT2D eigenvalue weighted by molar-refractivity contribution is 9.10. The van der Waals surface area contributed by atoms with Gasteiger partial charge in [-0.15, -0.1) is 0 Å². The molecule has 0 aliphatic carbocycles.